The van der Waals surface area contributed by atoms with Crippen LogP contribution in [0.2, 0.25) is 0 Å². The molecule has 0 saturated heterocycles. The van der Waals surface area contributed by atoms with Crippen molar-refractivity contribution in [1.29, 1.82) is 0 Å². The van der Waals surface area contributed by atoms with E-state index in [1.807, 2.05) is 6.92 Å². The molecule has 1 amide bonds. The zero-order chi connectivity index (χ0) is 15.3. The van der Waals surface area contributed by atoms with Gasteiger partial charge in [-0.2, -0.15) is 0 Å². The molecule has 0 heterocycles. The number of benzene rings is 1. The number of nitro groups is 1. The highest BCUT2D eigenvalue weighted by Crippen LogP contribution is 2.18. The van der Waals surface area contributed by atoms with Gasteiger partial charge in [0, 0.05) is 23.7 Å². The van der Waals surface area contributed by atoms with Crippen LogP contribution >= 0.6 is 0 Å². The predicted octanol–water partition coefficient (Wildman–Crippen LogP) is 2.04. The van der Waals surface area contributed by atoms with Crippen LogP contribution < -0.4 is 5.32 Å². The van der Waals surface area contributed by atoms with Gasteiger partial charge in [0.2, 0.25) is 0 Å². The summed E-state index contributed by atoms with van der Waals surface area (Å²) < 4.78 is 0. The summed E-state index contributed by atoms with van der Waals surface area (Å²) in [6, 6.07) is 4.29. The number of hydrogen-bond donors (Lipinski definition) is 2. The van der Waals surface area contributed by atoms with Crippen LogP contribution in [0.4, 0.5) is 5.69 Å². The molecule has 0 radical (unpaired) electrons. The van der Waals surface area contributed by atoms with Crippen LogP contribution in [0.3, 0.4) is 0 Å². The Hall–Kier alpha value is -1.95. The molecule has 0 saturated carbocycles. The molecule has 1 aromatic carbocycles. The van der Waals surface area contributed by atoms with Crippen LogP contribution in [0.1, 0.15) is 36.2 Å². The first-order valence-corrected chi connectivity index (χ1v) is 6.52. The van der Waals surface area contributed by atoms with Gasteiger partial charge in [0.15, 0.2) is 0 Å². The lowest BCUT2D eigenvalue weighted by Gasteiger charge is -2.14. The van der Waals surface area contributed by atoms with Crippen molar-refractivity contribution in [3.8, 4) is 0 Å². The number of aliphatic hydroxyl groups excluding tert-OH is 1. The lowest BCUT2D eigenvalue weighted by atomic mass is 10.0. The van der Waals surface area contributed by atoms with E-state index in [2.05, 4.69) is 5.32 Å². The van der Waals surface area contributed by atoms with Crippen LogP contribution in [0.25, 0.3) is 0 Å². The molecule has 1 rings (SSSR count). The number of nitrogens with one attached hydrogen (secondary N) is 1. The molecule has 1 aromatic rings. The van der Waals surface area contributed by atoms with Crippen molar-refractivity contribution in [3.63, 3.8) is 0 Å². The molecule has 20 heavy (non-hydrogen) atoms. The van der Waals surface area contributed by atoms with E-state index < -0.39 is 11.0 Å². The fourth-order valence-corrected chi connectivity index (χ4v) is 2.04. The maximum atomic E-state index is 11.9. The number of rotatable bonds is 6. The lowest BCUT2D eigenvalue weighted by Crippen LogP contribution is -2.29. The number of hydrogen-bond acceptors (Lipinski definition) is 4. The molecule has 0 fully saturated rings. The van der Waals surface area contributed by atoms with Crippen molar-refractivity contribution in [2.75, 3.05) is 6.54 Å². The van der Waals surface area contributed by atoms with Crippen LogP contribution in [-0.4, -0.2) is 28.6 Å². The van der Waals surface area contributed by atoms with Gasteiger partial charge in [-0.05, 0) is 38.3 Å². The Kier molecular flexibility index (Phi) is 5.64. The smallest absolute Gasteiger partial charge is 0.272 e. The van der Waals surface area contributed by atoms with Crippen molar-refractivity contribution >= 4 is 11.6 Å². The summed E-state index contributed by atoms with van der Waals surface area (Å²) in [6.07, 6.45) is 0.211. The molecular formula is C14H20N2O4. The molecule has 0 aliphatic rings. The highest BCUT2D eigenvalue weighted by atomic mass is 16.6. The molecule has 2 atom stereocenters. The molecule has 2 N–H and O–H groups in total. The van der Waals surface area contributed by atoms with E-state index in [1.54, 1.807) is 13.8 Å². The Morgan fingerprint density at radius 3 is 2.60 bits per heavy atom. The van der Waals surface area contributed by atoms with Crippen LogP contribution in [-0.2, 0) is 0 Å². The first-order valence-electron chi connectivity index (χ1n) is 6.52. The van der Waals surface area contributed by atoms with Crippen molar-refractivity contribution in [2.24, 2.45) is 5.92 Å². The maximum absolute atomic E-state index is 11.9. The highest BCUT2D eigenvalue weighted by molar-refractivity contribution is 5.94. The van der Waals surface area contributed by atoms with Gasteiger partial charge >= 0.3 is 0 Å². The van der Waals surface area contributed by atoms with Gasteiger partial charge < -0.3 is 10.4 Å². The molecule has 6 heteroatoms. The molecule has 2 unspecified atom stereocenters. The summed E-state index contributed by atoms with van der Waals surface area (Å²) in [6.45, 7) is 5.71. The van der Waals surface area contributed by atoms with Gasteiger partial charge in [0.25, 0.3) is 11.6 Å². The Morgan fingerprint density at radius 2 is 2.10 bits per heavy atom. The second-order valence-electron chi connectivity index (χ2n) is 5.16. The van der Waals surface area contributed by atoms with Gasteiger partial charge in [-0.3, -0.25) is 14.9 Å². The van der Waals surface area contributed by atoms with E-state index in [0.717, 1.165) is 0 Å². The summed E-state index contributed by atoms with van der Waals surface area (Å²) in [5, 5.41) is 22.7. The summed E-state index contributed by atoms with van der Waals surface area (Å²) in [5.74, 6) is -0.0986. The number of carbonyl (C=O) groups is 1. The monoisotopic (exact) mass is 280 g/mol. The summed E-state index contributed by atoms with van der Waals surface area (Å²) in [5.41, 5.74) is 0.862. The molecule has 0 bridgehead atoms. The first kappa shape index (κ1) is 16.1. The van der Waals surface area contributed by atoms with Crippen molar-refractivity contribution in [1.82, 2.24) is 5.32 Å². The fraction of sp³-hybridized carbons (Fsp3) is 0.500. The third kappa shape index (κ3) is 4.62. The molecule has 0 aliphatic carbocycles. The van der Waals surface area contributed by atoms with Crippen LogP contribution in [0.5, 0.6) is 0 Å². The second kappa shape index (κ2) is 7.00. The molecule has 0 aromatic heterocycles. The van der Waals surface area contributed by atoms with Crippen molar-refractivity contribution in [2.45, 2.75) is 33.3 Å². The van der Waals surface area contributed by atoms with Gasteiger partial charge in [-0.25, -0.2) is 0 Å². The van der Waals surface area contributed by atoms with Gasteiger partial charge in [-0.15, -0.1) is 0 Å². The quantitative estimate of drug-likeness (QED) is 0.616. The number of nitro benzene ring substituents is 1. The Morgan fingerprint density at radius 1 is 1.45 bits per heavy atom. The first-order chi connectivity index (χ1) is 9.31. The second-order valence-corrected chi connectivity index (χ2v) is 5.16. The minimum Gasteiger partial charge on any atom is -0.393 e. The molecule has 0 spiro atoms. The summed E-state index contributed by atoms with van der Waals surface area (Å²) in [4.78, 5) is 22.2. The van der Waals surface area contributed by atoms with Crippen molar-refractivity contribution in [3.05, 3.63) is 39.4 Å². The zero-order valence-electron chi connectivity index (χ0n) is 11.9. The lowest BCUT2D eigenvalue weighted by molar-refractivity contribution is -0.385. The van der Waals surface area contributed by atoms with E-state index in [-0.39, 0.29) is 17.5 Å². The molecule has 110 valence electrons. The summed E-state index contributed by atoms with van der Waals surface area (Å²) in [7, 11) is 0. The minimum atomic E-state index is -0.471. The standard InChI is InChI=1S/C14H20N2O4/c1-9(6-11(3)17)8-15-14(18)12-4-5-13(16(19)20)10(2)7-12/h4-5,7,9,11,17H,6,8H2,1-3H3,(H,15,18). The highest BCUT2D eigenvalue weighted by Gasteiger charge is 2.14. The third-order valence-electron chi connectivity index (χ3n) is 3.01. The average molecular weight is 280 g/mol. The van der Waals surface area contributed by atoms with Crippen molar-refractivity contribution < 1.29 is 14.8 Å². The normalized spacial score (nSPS) is 13.6. The average Bonchev–Trinajstić information content (AvgIpc) is 2.34. The third-order valence-corrected chi connectivity index (χ3v) is 3.01. The summed E-state index contributed by atoms with van der Waals surface area (Å²) >= 11 is 0. The number of aliphatic hydroxyl groups is 1. The fourth-order valence-electron chi connectivity index (χ4n) is 2.04. The van der Waals surface area contributed by atoms with E-state index >= 15 is 0 Å². The largest absolute Gasteiger partial charge is 0.393 e. The number of nitrogens with zero attached hydrogens (tertiary/aromatic N) is 1. The van der Waals surface area contributed by atoms with Gasteiger partial charge in [-0.1, -0.05) is 6.92 Å². The van der Waals surface area contributed by atoms with Gasteiger partial charge in [0.1, 0.15) is 0 Å². The van der Waals surface area contributed by atoms with E-state index in [4.69, 9.17) is 0 Å². The van der Waals surface area contributed by atoms with Crippen LogP contribution in [0.15, 0.2) is 18.2 Å². The van der Waals surface area contributed by atoms with Crippen LogP contribution in [0, 0.1) is 23.0 Å². The number of amides is 1. The Labute approximate surface area is 118 Å². The molecular weight excluding hydrogens is 260 g/mol. The molecule has 6 nitrogen and oxygen atoms in total. The number of carbonyl (C=O) groups excluding carboxylic acids is 1. The van der Waals surface area contributed by atoms with Gasteiger partial charge in [0.05, 0.1) is 11.0 Å². The predicted molar refractivity (Wildman–Crippen MR) is 75.6 cm³/mol. The van der Waals surface area contributed by atoms with E-state index in [9.17, 15) is 20.0 Å². The maximum Gasteiger partial charge on any atom is 0.272 e. The number of aryl methyl sites for hydroxylation is 1. The van der Waals surface area contributed by atoms with E-state index in [1.165, 1.54) is 18.2 Å². The Balaban J connectivity index is 2.64. The minimum absolute atomic E-state index is 0.00373. The SMILES string of the molecule is Cc1cc(C(=O)NCC(C)CC(C)O)ccc1[N+](=O)[O-]. The topological polar surface area (TPSA) is 92.5 Å². The molecule has 0 aliphatic heterocycles. The Bertz CT molecular complexity index is 500. The van der Waals surface area contributed by atoms with E-state index in [0.29, 0.717) is 24.1 Å². The zero-order valence-corrected chi connectivity index (χ0v) is 11.9.